The van der Waals surface area contributed by atoms with Crippen LogP contribution in [0.25, 0.3) is 0 Å². The van der Waals surface area contributed by atoms with E-state index in [0.717, 1.165) is 32.4 Å². The molecule has 2 amide bonds. The molecular formula is C17H23N3O3. The Balaban J connectivity index is 1.59. The lowest BCUT2D eigenvalue weighted by Crippen LogP contribution is -2.31. The highest BCUT2D eigenvalue weighted by molar-refractivity contribution is 5.96. The summed E-state index contributed by atoms with van der Waals surface area (Å²) in [5, 5.41) is 6.32. The quantitative estimate of drug-likeness (QED) is 0.736. The van der Waals surface area contributed by atoms with Gasteiger partial charge in [0.15, 0.2) is 0 Å². The molecule has 2 aliphatic rings. The Morgan fingerprint density at radius 2 is 2.04 bits per heavy atom. The number of piperidine rings is 1. The number of nitrogens with two attached hydrogens (primary N) is 1. The van der Waals surface area contributed by atoms with Crippen molar-refractivity contribution in [3.8, 4) is 5.75 Å². The van der Waals surface area contributed by atoms with Crippen LogP contribution in [0.2, 0.25) is 0 Å². The molecule has 6 heteroatoms. The highest BCUT2D eigenvalue weighted by atomic mass is 16.5. The first kappa shape index (κ1) is 15.8. The van der Waals surface area contributed by atoms with Crippen molar-refractivity contribution >= 4 is 17.5 Å². The molecular weight excluding hydrogens is 294 g/mol. The number of anilines is 1. The normalized spacial score (nSPS) is 21.7. The SMILES string of the molecule is NC(=O)CCOc1ccccc1NC(=O)C1CC12CCNCC2. The van der Waals surface area contributed by atoms with Crippen LogP contribution in [0.15, 0.2) is 24.3 Å². The zero-order valence-electron chi connectivity index (χ0n) is 13.1. The molecule has 1 aromatic rings. The monoisotopic (exact) mass is 317 g/mol. The van der Waals surface area contributed by atoms with Gasteiger partial charge in [-0.2, -0.15) is 0 Å². The standard InChI is InChI=1S/C17H23N3O3/c18-15(21)5-10-23-14-4-2-1-3-13(14)20-16(22)12-11-17(12)6-8-19-9-7-17/h1-4,12,19H,5-11H2,(H2,18,21)(H,20,22). The number of hydrogen-bond donors (Lipinski definition) is 3. The number of primary amides is 1. The van der Waals surface area contributed by atoms with Crippen LogP contribution in [0.1, 0.15) is 25.7 Å². The minimum atomic E-state index is -0.405. The molecule has 124 valence electrons. The predicted octanol–water partition coefficient (Wildman–Crippen LogP) is 1.27. The van der Waals surface area contributed by atoms with Gasteiger partial charge in [-0.25, -0.2) is 0 Å². The molecule has 1 atom stereocenters. The second-order valence-electron chi connectivity index (χ2n) is 6.42. The zero-order chi connectivity index (χ0) is 16.3. The number of carbonyl (C=O) groups is 2. The minimum absolute atomic E-state index is 0.0675. The van der Waals surface area contributed by atoms with Gasteiger partial charge in [-0.1, -0.05) is 12.1 Å². The van der Waals surface area contributed by atoms with Gasteiger partial charge in [0.1, 0.15) is 5.75 Å². The Morgan fingerprint density at radius 1 is 1.30 bits per heavy atom. The molecule has 0 radical (unpaired) electrons. The smallest absolute Gasteiger partial charge is 0.228 e. The van der Waals surface area contributed by atoms with Crippen LogP contribution in [0.5, 0.6) is 5.75 Å². The number of nitrogens with one attached hydrogen (secondary N) is 2. The van der Waals surface area contributed by atoms with E-state index in [1.807, 2.05) is 18.2 Å². The highest BCUT2D eigenvalue weighted by Gasteiger charge is 2.57. The number of rotatable bonds is 6. The van der Waals surface area contributed by atoms with Gasteiger partial charge in [0, 0.05) is 5.92 Å². The number of carbonyl (C=O) groups excluding carboxylic acids is 2. The zero-order valence-corrected chi connectivity index (χ0v) is 13.1. The summed E-state index contributed by atoms with van der Waals surface area (Å²) in [5.41, 5.74) is 5.97. The molecule has 23 heavy (non-hydrogen) atoms. The van der Waals surface area contributed by atoms with Gasteiger partial charge in [-0.15, -0.1) is 0 Å². The van der Waals surface area contributed by atoms with Gasteiger partial charge in [0.25, 0.3) is 0 Å². The molecule has 1 aromatic carbocycles. The van der Waals surface area contributed by atoms with Crippen LogP contribution >= 0.6 is 0 Å². The molecule has 0 bridgehead atoms. The summed E-state index contributed by atoms with van der Waals surface area (Å²) >= 11 is 0. The minimum Gasteiger partial charge on any atom is -0.491 e. The van der Waals surface area contributed by atoms with Crippen molar-refractivity contribution in [1.82, 2.24) is 5.32 Å². The topological polar surface area (TPSA) is 93.5 Å². The number of para-hydroxylation sites is 2. The van der Waals surface area contributed by atoms with E-state index in [2.05, 4.69) is 10.6 Å². The number of ether oxygens (including phenoxy) is 1. The van der Waals surface area contributed by atoms with Crippen molar-refractivity contribution in [1.29, 1.82) is 0 Å². The summed E-state index contributed by atoms with van der Waals surface area (Å²) in [6.07, 6.45) is 3.27. The average molecular weight is 317 g/mol. The maximum atomic E-state index is 12.5. The van der Waals surface area contributed by atoms with Gasteiger partial charge in [-0.05, 0) is 49.9 Å². The summed E-state index contributed by atoms with van der Waals surface area (Å²) in [5.74, 6) is 0.334. The predicted molar refractivity (Wildman–Crippen MR) is 87.0 cm³/mol. The van der Waals surface area contributed by atoms with Crippen LogP contribution in [0.3, 0.4) is 0 Å². The first-order valence-corrected chi connectivity index (χ1v) is 8.12. The van der Waals surface area contributed by atoms with Gasteiger partial charge in [0.2, 0.25) is 11.8 Å². The maximum absolute atomic E-state index is 12.5. The third-order valence-corrected chi connectivity index (χ3v) is 4.86. The Hall–Kier alpha value is -2.08. The molecule has 1 saturated heterocycles. The van der Waals surface area contributed by atoms with E-state index in [-0.39, 0.29) is 30.3 Å². The van der Waals surface area contributed by atoms with Gasteiger partial charge < -0.3 is 21.1 Å². The van der Waals surface area contributed by atoms with E-state index < -0.39 is 5.91 Å². The van der Waals surface area contributed by atoms with E-state index in [4.69, 9.17) is 10.5 Å². The highest BCUT2D eigenvalue weighted by Crippen LogP contribution is 2.58. The molecule has 1 spiro atoms. The summed E-state index contributed by atoms with van der Waals surface area (Å²) in [4.78, 5) is 23.3. The second kappa shape index (κ2) is 6.58. The Bertz CT molecular complexity index is 597. The van der Waals surface area contributed by atoms with Gasteiger partial charge >= 0.3 is 0 Å². The lowest BCUT2D eigenvalue weighted by Gasteiger charge is -2.23. The first-order chi connectivity index (χ1) is 11.1. The molecule has 2 fully saturated rings. The van der Waals surface area contributed by atoms with Crippen molar-refractivity contribution < 1.29 is 14.3 Å². The summed E-state index contributed by atoms with van der Waals surface area (Å²) < 4.78 is 5.56. The fourth-order valence-electron chi connectivity index (χ4n) is 3.37. The summed E-state index contributed by atoms with van der Waals surface area (Å²) in [6.45, 7) is 2.20. The van der Waals surface area contributed by atoms with Gasteiger partial charge in [-0.3, -0.25) is 9.59 Å². The van der Waals surface area contributed by atoms with Gasteiger partial charge in [0.05, 0.1) is 18.7 Å². The molecule has 1 saturated carbocycles. The fourth-order valence-corrected chi connectivity index (χ4v) is 3.37. The summed E-state index contributed by atoms with van der Waals surface area (Å²) in [6, 6.07) is 7.28. The molecule has 1 heterocycles. The summed E-state index contributed by atoms with van der Waals surface area (Å²) in [7, 11) is 0. The molecule has 1 unspecified atom stereocenters. The van der Waals surface area contributed by atoms with Crippen molar-refractivity contribution in [3.05, 3.63) is 24.3 Å². The Labute approximate surface area is 135 Å². The maximum Gasteiger partial charge on any atom is 0.228 e. The van der Waals surface area contributed by atoms with Crippen molar-refractivity contribution in [3.63, 3.8) is 0 Å². The van der Waals surface area contributed by atoms with E-state index in [0.29, 0.717) is 11.4 Å². The van der Waals surface area contributed by atoms with Crippen LogP contribution in [-0.4, -0.2) is 31.5 Å². The van der Waals surface area contributed by atoms with Crippen LogP contribution in [-0.2, 0) is 9.59 Å². The van der Waals surface area contributed by atoms with Crippen LogP contribution in [0, 0.1) is 11.3 Å². The molecule has 3 rings (SSSR count). The number of amides is 2. The van der Waals surface area contributed by atoms with E-state index in [1.54, 1.807) is 6.07 Å². The first-order valence-electron chi connectivity index (χ1n) is 8.12. The third-order valence-electron chi connectivity index (χ3n) is 4.86. The lowest BCUT2D eigenvalue weighted by atomic mass is 9.92. The van der Waals surface area contributed by atoms with Crippen molar-refractivity contribution in [2.24, 2.45) is 17.1 Å². The average Bonchev–Trinajstić information content (AvgIpc) is 3.22. The number of hydrogen-bond acceptors (Lipinski definition) is 4. The van der Waals surface area contributed by atoms with Crippen LogP contribution < -0.4 is 21.1 Å². The van der Waals surface area contributed by atoms with Crippen molar-refractivity contribution in [2.75, 3.05) is 25.0 Å². The van der Waals surface area contributed by atoms with Crippen LogP contribution in [0.4, 0.5) is 5.69 Å². The molecule has 0 aromatic heterocycles. The second-order valence-corrected chi connectivity index (χ2v) is 6.42. The molecule has 1 aliphatic carbocycles. The van der Waals surface area contributed by atoms with E-state index >= 15 is 0 Å². The van der Waals surface area contributed by atoms with Crippen molar-refractivity contribution in [2.45, 2.75) is 25.7 Å². The Kier molecular flexibility index (Phi) is 4.52. The lowest BCUT2D eigenvalue weighted by molar-refractivity contribution is -0.119. The largest absolute Gasteiger partial charge is 0.491 e. The molecule has 4 N–H and O–H groups in total. The molecule has 6 nitrogen and oxygen atoms in total. The van der Waals surface area contributed by atoms with E-state index in [1.165, 1.54) is 0 Å². The van der Waals surface area contributed by atoms with E-state index in [9.17, 15) is 9.59 Å². The fraction of sp³-hybridized carbons (Fsp3) is 0.529. The molecule has 1 aliphatic heterocycles. The number of benzene rings is 1. The third kappa shape index (κ3) is 3.64. The Morgan fingerprint density at radius 3 is 2.78 bits per heavy atom.